The van der Waals surface area contributed by atoms with Crippen LogP contribution in [0.3, 0.4) is 0 Å². The van der Waals surface area contributed by atoms with Crippen molar-refractivity contribution < 1.29 is 4.74 Å². The molecule has 0 unspecified atom stereocenters. The van der Waals surface area contributed by atoms with Crippen LogP contribution in [0, 0.1) is 13.8 Å². The minimum Gasteiger partial charge on any atom is -0.496 e. The van der Waals surface area contributed by atoms with Crippen molar-refractivity contribution in [3.05, 3.63) is 23.3 Å². The molecule has 0 amide bonds. The summed E-state index contributed by atoms with van der Waals surface area (Å²) in [5.41, 5.74) is 4.34. The number of alkyl halides is 1. The highest BCUT2D eigenvalue weighted by Crippen LogP contribution is 2.27. The third-order valence-corrected chi connectivity index (χ3v) is 2.50. The Hall–Kier alpha value is -0.700. The molecule has 0 aliphatic rings. The van der Waals surface area contributed by atoms with Gasteiger partial charge in [0.05, 0.1) is 12.6 Å². The Morgan fingerprint density at radius 1 is 1.31 bits per heavy atom. The van der Waals surface area contributed by atoms with Crippen molar-refractivity contribution in [2.45, 2.75) is 13.8 Å². The van der Waals surface area contributed by atoms with Crippen LogP contribution in [0.5, 0.6) is 5.75 Å². The van der Waals surface area contributed by atoms with Crippen molar-refractivity contribution in [2.24, 2.45) is 0 Å². The molecule has 0 fully saturated rings. The lowest BCUT2D eigenvalue weighted by Crippen LogP contribution is -1.99. The van der Waals surface area contributed by atoms with Gasteiger partial charge in [0, 0.05) is 5.69 Å². The van der Waals surface area contributed by atoms with Crippen molar-refractivity contribution in [1.29, 1.82) is 0 Å². The molecule has 0 heterocycles. The monoisotopic (exact) mass is 243 g/mol. The van der Waals surface area contributed by atoms with Crippen LogP contribution in [0.15, 0.2) is 12.1 Å². The zero-order chi connectivity index (χ0) is 9.84. The third-order valence-electron chi connectivity index (χ3n) is 2.21. The molecule has 1 aromatic rings. The zero-order valence-electron chi connectivity index (χ0n) is 8.15. The minimum atomic E-state index is 0.764. The summed E-state index contributed by atoms with van der Waals surface area (Å²) in [5, 5.41) is 3.23. The maximum absolute atomic E-state index is 5.22. The SMILES string of the molecule is COc1ccc(NCBr)c(C)c1C. The van der Waals surface area contributed by atoms with E-state index in [0.29, 0.717) is 0 Å². The van der Waals surface area contributed by atoms with Crippen molar-refractivity contribution in [3.63, 3.8) is 0 Å². The van der Waals surface area contributed by atoms with Gasteiger partial charge in [-0.1, -0.05) is 15.9 Å². The number of ether oxygens (including phenoxy) is 1. The van der Waals surface area contributed by atoms with Gasteiger partial charge in [-0.3, -0.25) is 0 Å². The lowest BCUT2D eigenvalue weighted by Gasteiger charge is -2.12. The predicted octanol–water partition coefficient (Wildman–Crippen LogP) is 3.08. The Morgan fingerprint density at radius 3 is 2.54 bits per heavy atom. The Kier molecular flexibility index (Phi) is 3.60. The summed E-state index contributed by atoms with van der Waals surface area (Å²) in [5.74, 6) is 0.942. The molecule has 0 bridgehead atoms. The van der Waals surface area contributed by atoms with E-state index >= 15 is 0 Å². The van der Waals surface area contributed by atoms with Gasteiger partial charge in [0.15, 0.2) is 0 Å². The lowest BCUT2D eigenvalue weighted by molar-refractivity contribution is 0.411. The maximum Gasteiger partial charge on any atom is 0.122 e. The van der Waals surface area contributed by atoms with Gasteiger partial charge >= 0.3 is 0 Å². The highest BCUT2D eigenvalue weighted by atomic mass is 79.9. The van der Waals surface area contributed by atoms with Gasteiger partial charge in [0.2, 0.25) is 0 Å². The summed E-state index contributed by atoms with van der Waals surface area (Å²) in [6.07, 6.45) is 0. The van der Waals surface area contributed by atoms with E-state index in [2.05, 4.69) is 35.1 Å². The first kappa shape index (κ1) is 10.4. The van der Waals surface area contributed by atoms with E-state index < -0.39 is 0 Å². The molecule has 0 saturated carbocycles. The number of nitrogens with one attached hydrogen (secondary N) is 1. The van der Waals surface area contributed by atoms with Crippen LogP contribution in [-0.4, -0.2) is 12.6 Å². The van der Waals surface area contributed by atoms with Crippen molar-refractivity contribution in [3.8, 4) is 5.75 Å². The van der Waals surface area contributed by atoms with Gasteiger partial charge < -0.3 is 10.1 Å². The van der Waals surface area contributed by atoms with Gasteiger partial charge in [-0.25, -0.2) is 0 Å². The fourth-order valence-electron chi connectivity index (χ4n) is 1.28. The molecule has 1 aromatic carbocycles. The fraction of sp³-hybridized carbons (Fsp3) is 0.400. The molecule has 0 aliphatic carbocycles. The summed E-state index contributed by atoms with van der Waals surface area (Å²) < 4.78 is 5.22. The molecular formula is C10H14BrNO. The fourth-order valence-corrected chi connectivity index (χ4v) is 1.58. The van der Waals surface area contributed by atoms with E-state index in [1.165, 1.54) is 11.1 Å². The van der Waals surface area contributed by atoms with Gasteiger partial charge in [-0.15, -0.1) is 0 Å². The molecule has 0 spiro atoms. The van der Waals surface area contributed by atoms with E-state index in [1.54, 1.807) is 7.11 Å². The van der Waals surface area contributed by atoms with E-state index in [4.69, 9.17) is 4.74 Å². The highest BCUT2D eigenvalue weighted by molar-refractivity contribution is 9.09. The van der Waals surface area contributed by atoms with Gasteiger partial charge in [0.25, 0.3) is 0 Å². The molecule has 1 N–H and O–H groups in total. The van der Waals surface area contributed by atoms with E-state index in [-0.39, 0.29) is 0 Å². The Balaban J connectivity index is 3.07. The molecule has 2 nitrogen and oxygen atoms in total. The van der Waals surface area contributed by atoms with Crippen LogP contribution in [0.1, 0.15) is 11.1 Å². The topological polar surface area (TPSA) is 21.3 Å². The minimum absolute atomic E-state index is 0.764. The summed E-state index contributed by atoms with van der Waals surface area (Å²) in [6, 6.07) is 4.01. The molecule has 0 radical (unpaired) electrons. The second kappa shape index (κ2) is 4.51. The second-order valence-electron chi connectivity index (χ2n) is 2.88. The highest BCUT2D eigenvalue weighted by Gasteiger charge is 2.04. The second-order valence-corrected chi connectivity index (χ2v) is 3.44. The van der Waals surface area contributed by atoms with Crippen LogP contribution in [0.2, 0.25) is 0 Å². The predicted molar refractivity (Wildman–Crippen MR) is 59.9 cm³/mol. The molecule has 0 aliphatic heterocycles. The van der Waals surface area contributed by atoms with Crippen LogP contribution in [0.4, 0.5) is 5.69 Å². The maximum atomic E-state index is 5.22. The van der Waals surface area contributed by atoms with Gasteiger partial charge in [-0.05, 0) is 37.1 Å². The molecule has 0 saturated heterocycles. The summed E-state index contributed by atoms with van der Waals surface area (Å²) in [6.45, 7) is 4.15. The summed E-state index contributed by atoms with van der Waals surface area (Å²) in [7, 11) is 1.69. The number of hydrogen-bond acceptors (Lipinski definition) is 2. The molecule has 72 valence electrons. The first-order chi connectivity index (χ1) is 6.20. The van der Waals surface area contributed by atoms with Crippen LogP contribution in [-0.2, 0) is 0 Å². The Bertz CT molecular complexity index is 299. The molecule has 1 rings (SSSR count). The first-order valence-corrected chi connectivity index (χ1v) is 5.27. The third kappa shape index (κ3) is 2.15. The molecular weight excluding hydrogens is 230 g/mol. The van der Waals surface area contributed by atoms with Crippen molar-refractivity contribution in [2.75, 3.05) is 17.9 Å². The standard InChI is InChI=1S/C10H14BrNO/c1-7-8(2)10(13-3)5-4-9(7)12-6-11/h4-5,12H,6H2,1-3H3. The normalized spacial score (nSPS) is 9.85. The Morgan fingerprint density at radius 2 is 2.00 bits per heavy atom. The quantitative estimate of drug-likeness (QED) is 0.651. The first-order valence-electron chi connectivity index (χ1n) is 4.14. The van der Waals surface area contributed by atoms with E-state index in [0.717, 1.165) is 16.9 Å². The van der Waals surface area contributed by atoms with Crippen LogP contribution in [0.25, 0.3) is 0 Å². The summed E-state index contributed by atoms with van der Waals surface area (Å²) in [4.78, 5) is 0. The molecule has 13 heavy (non-hydrogen) atoms. The smallest absolute Gasteiger partial charge is 0.122 e. The zero-order valence-corrected chi connectivity index (χ0v) is 9.73. The largest absolute Gasteiger partial charge is 0.496 e. The molecule has 0 atom stereocenters. The van der Waals surface area contributed by atoms with Crippen molar-refractivity contribution >= 4 is 21.6 Å². The van der Waals surface area contributed by atoms with Crippen LogP contribution < -0.4 is 10.1 Å². The van der Waals surface area contributed by atoms with Crippen LogP contribution >= 0.6 is 15.9 Å². The number of anilines is 1. The number of halogens is 1. The van der Waals surface area contributed by atoms with Crippen molar-refractivity contribution in [1.82, 2.24) is 0 Å². The van der Waals surface area contributed by atoms with E-state index in [1.807, 2.05) is 12.1 Å². The van der Waals surface area contributed by atoms with Gasteiger partial charge in [-0.2, -0.15) is 0 Å². The molecule has 0 aromatic heterocycles. The number of benzene rings is 1. The average Bonchev–Trinajstić information content (AvgIpc) is 2.14. The lowest BCUT2D eigenvalue weighted by atomic mass is 10.1. The van der Waals surface area contributed by atoms with Gasteiger partial charge in [0.1, 0.15) is 5.75 Å². The molecule has 3 heteroatoms. The number of rotatable bonds is 3. The summed E-state index contributed by atoms with van der Waals surface area (Å²) >= 11 is 3.34. The average molecular weight is 244 g/mol. The Labute approximate surface area is 87.4 Å². The van der Waals surface area contributed by atoms with E-state index in [9.17, 15) is 0 Å². The number of methoxy groups -OCH3 is 1. The number of hydrogen-bond donors (Lipinski definition) is 1.